The van der Waals surface area contributed by atoms with Crippen molar-refractivity contribution in [3.63, 3.8) is 0 Å². The van der Waals surface area contributed by atoms with Crippen molar-refractivity contribution in [3.05, 3.63) is 46.2 Å². The van der Waals surface area contributed by atoms with E-state index in [9.17, 15) is 9.59 Å². The summed E-state index contributed by atoms with van der Waals surface area (Å²) in [7, 11) is 0. The van der Waals surface area contributed by atoms with Crippen molar-refractivity contribution in [2.75, 3.05) is 11.4 Å². The third-order valence-electron chi connectivity index (χ3n) is 4.77. The van der Waals surface area contributed by atoms with Crippen molar-refractivity contribution in [2.45, 2.75) is 38.1 Å². The van der Waals surface area contributed by atoms with Gasteiger partial charge in [0.05, 0.1) is 28.0 Å². The Morgan fingerprint density at radius 1 is 1.36 bits per heavy atom. The molecular weight excluding hydrogens is 340 g/mol. The molecule has 0 bridgehead atoms. The van der Waals surface area contributed by atoms with Gasteiger partial charge in [-0.25, -0.2) is 0 Å². The van der Waals surface area contributed by atoms with Gasteiger partial charge >= 0.3 is 0 Å². The van der Waals surface area contributed by atoms with E-state index in [-0.39, 0.29) is 24.3 Å². The molecule has 2 amide bonds. The van der Waals surface area contributed by atoms with Crippen LogP contribution in [0.5, 0.6) is 0 Å². The molecule has 2 N–H and O–H groups in total. The fraction of sp³-hybridized carbons (Fsp3) is 0.389. The molecule has 1 saturated heterocycles. The summed E-state index contributed by atoms with van der Waals surface area (Å²) in [5.74, 6) is 0.187. The molecule has 1 atom stereocenters. The van der Waals surface area contributed by atoms with Crippen LogP contribution in [0.25, 0.3) is 0 Å². The maximum atomic E-state index is 12.7. The average Bonchev–Trinajstić information content (AvgIpc) is 3.26. The standard InChI is InChI=1S/C18H19ClN4O2/c1-10-16(17(22-21-10)11-6-7-11)18(25)20-12-8-15(24)23(9-12)14-5-3-2-4-13(14)19/h2-5,11-12H,6-9H2,1H3,(H,20,25)(H,21,22). The monoisotopic (exact) mass is 358 g/mol. The molecule has 25 heavy (non-hydrogen) atoms. The molecule has 0 radical (unpaired) electrons. The minimum Gasteiger partial charge on any atom is -0.347 e. The molecule has 4 rings (SSSR count). The summed E-state index contributed by atoms with van der Waals surface area (Å²) in [6.45, 7) is 2.27. The first-order valence-corrected chi connectivity index (χ1v) is 8.83. The maximum absolute atomic E-state index is 12.7. The second-order valence-corrected chi connectivity index (χ2v) is 7.12. The van der Waals surface area contributed by atoms with E-state index < -0.39 is 0 Å². The van der Waals surface area contributed by atoms with E-state index in [1.165, 1.54) is 0 Å². The van der Waals surface area contributed by atoms with Gasteiger partial charge in [-0.05, 0) is 31.9 Å². The third-order valence-corrected chi connectivity index (χ3v) is 5.09. The summed E-state index contributed by atoms with van der Waals surface area (Å²) < 4.78 is 0. The van der Waals surface area contributed by atoms with Gasteiger partial charge in [0.1, 0.15) is 0 Å². The zero-order valence-corrected chi connectivity index (χ0v) is 14.6. The SMILES string of the molecule is Cc1[nH]nc(C2CC2)c1C(=O)NC1CC(=O)N(c2ccccc2Cl)C1. The van der Waals surface area contributed by atoms with Crippen LogP contribution in [0.2, 0.25) is 5.02 Å². The number of benzene rings is 1. The molecule has 1 aliphatic heterocycles. The van der Waals surface area contributed by atoms with Gasteiger partial charge in [-0.15, -0.1) is 0 Å². The average molecular weight is 359 g/mol. The molecule has 130 valence electrons. The lowest BCUT2D eigenvalue weighted by molar-refractivity contribution is -0.117. The molecular formula is C18H19ClN4O2. The number of hydrogen-bond donors (Lipinski definition) is 2. The maximum Gasteiger partial charge on any atom is 0.255 e. The molecule has 1 aliphatic carbocycles. The number of anilines is 1. The van der Waals surface area contributed by atoms with E-state index in [1.54, 1.807) is 11.0 Å². The van der Waals surface area contributed by atoms with Gasteiger partial charge in [-0.1, -0.05) is 23.7 Å². The number of H-pyrrole nitrogens is 1. The fourth-order valence-corrected chi connectivity index (χ4v) is 3.59. The molecule has 0 spiro atoms. The Bertz CT molecular complexity index is 843. The number of carbonyl (C=O) groups excluding carboxylic acids is 2. The van der Waals surface area contributed by atoms with Crippen LogP contribution in [-0.2, 0) is 4.79 Å². The zero-order valence-electron chi connectivity index (χ0n) is 13.9. The number of halogens is 1. The van der Waals surface area contributed by atoms with Gasteiger partial charge in [-0.3, -0.25) is 14.7 Å². The van der Waals surface area contributed by atoms with Crippen molar-refractivity contribution in [3.8, 4) is 0 Å². The number of hydrogen-bond acceptors (Lipinski definition) is 3. The van der Waals surface area contributed by atoms with E-state index in [4.69, 9.17) is 11.6 Å². The highest BCUT2D eigenvalue weighted by atomic mass is 35.5. The molecule has 6 nitrogen and oxygen atoms in total. The minimum atomic E-state index is -0.238. The molecule has 1 aromatic heterocycles. The van der Waals surface area contributed by atoms with Crippen LogP contribution in [0.4, 0.5) is 5.69 Å². The molecule has 7 heteroatoms. The number of amides is 2. The predicted molar refractivity (Wildman–Crippen MR) is 95.0 cm³/mol. The number of aryl methyl sites for hydroxylation is 1. The summed E-state index contributed by atoms with van der Waals surface area (Å²) in [4.78, 5) is 26.7. The summed E-state index contributed by atoms with van der Waals surface area (Å²) in [6, 6.07) is 7.00. The molecule has 1 aromatic carbocycles. The Labute approximate surface area is 150 Å². The quantitative estimate of drug-likeness (QED) is 0.882. The van der Waals surface area contributed by atoms with E-state index in [2.05, 4.69) is 15.5 Å². The third kappa shape index (κ3) is 3.02. The van der Waals surface area contributed by atoms with Gasteiger partial charge in [0, 0.05) is 24.6 Å². The van der Waals surface area contributed by atoms with E-state index >= 15 is 0 Å². The van der Waals surface area contributed by atoms with Crippen LogP contribution in [0.15, 0.2) is 24.3 Å². The van der Waals surface area contributed by atoms with Crippen LogP contribution in [0.1, 0.15) is 46.9 Å². The first-order chi connectivity index (χ1) is 12.0. The Morgan fingerprint density at radius 3 is 2.84 bits per heavy atom. The first-order valence-electron chi connectivity index (χ1n) is 8.45. The van der Waals surface area contributed by atoms with Gasteiger partial charge in [0.2, 0.25) is 5.91 Å². The topological polar surface area (TPSA) is 78.1 Å². The number of nitrogens with one attached hydrogen (secondary N) is 2. The fourth-order valence-electron chi connectivity index (χ4n) is 3.35. The number of aromatic nitrogens is 2. The lowest BCUT2D eigenvalue weighted by Crippen LogP contribution is -2.37. The molecule has 2 aliphatic rings. The van der Waals surface area contributed by atoms with Crippen molar-refractivity contribution < 1.29 is 9.59 Å². The number of nitrogens with zero attached hydrogens (tertiary/aromatic N) is 2. The smallest absolute Gasteiger partial charge is 0.255 e. The number of rotatable bonds is 4. The van der Waals surface area contributed by atoms with E-state index in [0.29, 0.717) is 28.7 Å². The number of para-hydroxylation sites is 1. The summed E-state index contributed by atoms with van der Waals surface area (Å²) in [5, 5.41) is 10.7. The molecule has 2 heterocycles. The van der Waals surface area contributed by atoms with Gasteiger partial charge in [-0.2, -0.15) is 5.10 Å². The molecule has 2 aromatic rings. The normalized spacial score (nSPS) is 20.2. The van der Waals surface area contributed by atoms with Crippen LogP contribution in [0.3, 0.4) is 0 Å². The number of aromatic amines is 1. The summed E-state index contributed by atoms with van der Waals surface area (Å²) in [6.07, 6.45) is 2.42. The Kier molecular flexibility index (Phi) is 4.00. The number of carbonyl (C=O) groups is 2. The van der Waals surface area contributed by atoms with E-state index in [1.807, 2.05) is 25.1 Å². The Hall–Kier alpha value is -2.34. The van der Waals surface area contributed by atoms with Crippen molar-refractivity contribution >= 4 is 29.1 Å². The zero-order chi connectivity index (χ0) is 17.6. The Balaban J connectivity index is 1.49. The molecule has 2 fully saturated rings. The van der Waals surface area contributed by atoms with E-state index in [0.717, 1.165) is 24.2 Å². The van der Waals surface area contributed by atoms with Gasteiger partial charge in [0.25, 0.3) is 5.91 Å². The molecule has 1 saturated carbocycles. The van der Waals surface area contributed by atoms with Gasteiger partial charge in [0.15, 0.2) is 0 Å². The van der Waals surface area contributed by atoms with Gasteiger partial charge < -0.3 is 10.2 Å². The highest BCUT2D eigenvalue weighted by Gasteiger charge is 2.35. The van der Waals surface area contributed by atoms with Crippen molar-refractivity contribution in [2.24, 2.45) is 0 Å². The summed E-state index contributed by atoms with van der Waals surface area (Å²) >= 11 is 6.19. The highest BCUT2D eigenvalue weighted by molar-refractivity contribution is 6.33. The lowest BCUT2D eigenvalue weighted by Gasteiger charge is -2.18. The second kappa shape index (κ2) is 6.19. The molecule has 1 unspecified atom stereocenters. The Morgan fingerprint density at radius 2 is 2.12 bits per heavy atom. The van der Waals surface area contributed by atoms with Crippen molar-refractivity contribution in [1.29, 1.82) is 0 Å². The lowest BCUT2D eigenvalue weighted by atomic mass is 10.1. The second-order valence-electron chi connectivity index (χ2n) is 6.71. The summed E-state index contributed by atoms with van der Waals surface area (Å²) in [5.41, 5.74) is 2.93. The largest absolute Gasteiger partial charge is 0.347 e. The van der Waals surface area contributed by atoms with Crippen LogP contribution in [-0.4, -0.2) is 34.6 Å². The highest BCUT2D eigenvalue weighted by Crippen LogP contribution is 2.41. The predicted octanol–water partition coefficient (Wildman–Crippen LogP) is 2.78. The van der Waals surface area contributed by atoms with Crippen LogP contribution >= 0.6 is 11.6 Å². The first kappa shape index (κ1) is 16.1. The van der Waals surface area contributed by atoms with Crippen molar-refractivity contribution in [1.82, 2.24) is 15.5 Å². The van der Waals surface area contributed by atoms with Crippen LogP contribution in [0, 0.1) is 6.92 Å². The minimum absolute atomic E-state index is 0.0373. The van der Waals surface area contributed by atoms with Crippen LogP contribution < -0.4 is 10.2 Å².